The zero-order valence-corrected chi connectivity index (χ0v) is 15.1. The molecule has 28 heavy (non-hydrogen) atoms. The second kappa shape index (κ2) is 7.72. The molecule has 0 aliphatic heterocycles. The highest BCUT2D eigenvalue weighted by molar-refractivity contribution is 6.03. The van der Waals surface area contributed by atoms with Crippen molar-refractivity contribution in [3.63, 3.8) is 0 Å². The zero-order chi connectivity index (χ0) is 20.3. The van der Waals surface area contributed by atoms with Crippen LogP contribution in [0, 0.1) is 0 Å². The number of halogens is 3. The predicted molar refractivity (Wildman–Crippen MR) is 98.0 cm³/mol. The fourth-order valence-electron chi connectivity index (χ4n) is 2.82. The summed E-state index contributed by atoms with van der Waals surface area (Å²) in [4.78, 5) is 16.3. The Balaban J connectivity index is 2.40. The van der Waals surface area contributed by atoms with Crippen LogP contribution in [-0.2, 0) is 10.9 Å². The van der Waals surface area contributed by atoms with Gasteiger partial charge in [0.15, 0.2) is 0 Å². The normalized spacial score (nSPS) is 11.2. The molecular weight excluding hydrogens is 371 g/mol. The van der Waals surface area contributed by atoms with E-state index in [1.165, 1.54) is 14.2 Å². The summed E-state index contributed by atoms with van der Waals surface area (Å²) in [6.45, 7) is 0. The van der Waals surface area contributed by atoms with Crippen LogP contribution in [0.15, 0.2) is 60.7 Å². The van der Waals surface area contributed by atoms with Crippen molar-refractivity contribution in [1.82, 2.24) is 4.98 Å². The van der Waals surface area contributed by atoms with Gasteiger partial charge in [0.2, 0.25) is 0 Å². The summed E-state index contributed by atoms with van der Waals surface area (Å²) in [5.74, 6) is -0.335. The molecule has 4 nitrogen and oxygen atoms in total. The molecule has 0 amide bonds. The molecule has 0 atom stereocenters. The first kappa shape index (κ1) is 19.4. The zero-order valence-electron chi connectivity index (χ0n) is 15.1. The highest BCUT2D eigenvalue weighted by atomic mass is 19.4. The Hall–Kier alpha value is -3.35. The van der Waals surface area contributed by atoms with Gasteiger partial charge in [0.05, 0.1) is 25.5 Å². The van der Waals surface area contributed by atoms with Crippen LogP contribution >= 0.6 is 0 Å². The molecule has 7 heteroatoms. The lowest BCUT2D eigenvalue weighted by Crippen LogP contribution is -2.14. The molecule has 3 rings (SSSR count). The molecule has 0 radical (unpaired) electrons. The number of esters is 1. The Morgan fingerprint density at radius 2 is 1.61 bits per heavy atom. The molecule has 2 aromatic carbocycles. The summed E-state index contributed by atoms with van der Waals surface area (Å²) in [6.07, 6.45) is -4.69. The molecule has 0 saturated carbocycles. The van der Waals surface area contributed by atoms with Gasteiger partial charge in [0, 0.05) is 11.1 Å². The van der Waals surface area contributed by atoms with E-state index in [4.69, 9.17) is 9.47 Å². The molecular formula is C21H16F3NO3. The van der Waals surface area contributed by atoms with Gasteiger partial charge in [-0.25, -0.2) is 9.78 Å². The summed E-state index contributed by atoms with van der Waals surface area (Å²) in [5, 5.41) is 0. The van der Waals surface area contributed by atoms with Crippen molar-refractivity contribution in [2.75, 3.05) is 14.2 Å². The fraction of sp³-hybridized carbons (Fsp3) is 0.143. The third-order valence-electron chi connectivity index (χ3n) is 4.13. The lowest BCUT2D eigenvalue weighted by molar-refractivity contribution is -0.141. The van der Waals surface area contributed by atoms with E-state index < -0.39 is 17.8 Å². The molecule has 1 heterocycles. The molecule has 0 aliphatic carbocycles. The van der Waals surface area contributed by atoms with Gasteiger partial charge in [-0.3, -0.25) is 0 Å². The topological polar surface area (TPSA) is 48.4 Å². The molecule has 0 bridgehead atoms. The second-order valence-electron chi connectivity index (χ2n) is 5.87. The summed E-state index contributed by atoms with van der Waals surface area (Å²) in [6, 6.07) is 15.5. The van der Waals surface area contributed by atoms with Gasteiger partial charge in [0.25, 0.3) is 0 Å². The Morgan fingerprint density at radius 1 is 0.929 bits per heavy atom. The highest BCUT2D eigenvalue weighted by Crippen LogP contribution is 2.38. The monoisotopic (exact) mass is 387 g/mol. The van der Waals surface area contributed by atoms with Crippen LogP contribution in [0.3, 0.4) is 0 Å². The molecule has 0 aliphatic rings. The van der Waals surface area contributed by atoms with Crippen molar-refractivity contribution < 1.29 is 27.4 Å². The first-order chi connectivity index (χ1) is 13.3. The smallest absolute Gasteiger partial charge is 0.433 e. The molecule has 144 valence electrons. The van der Waals surface area contributed by atoms with Crippen LogP contribution in [0.2, 0.25) is 0 Å². The highest BCUT2D eigenvalue weighted by Gasteiger charge is 2.35. The standard InChI is InChI=1S/C21H16F3NO3/c1-27-15-10-6-9-14(11-15)16-12-17(21(22,23)24)25-19(18(16)20(26)28-2)13-7-4-3-5-8-13/h3-12H,1-2H3. The van der Waals surface area contributed by atoms with Gasteiger partial charge in [0.1, 0.15) is 11.4 Å². The number of hydrogen-bond donors (Lipinski definition) is 0. The van der Waals surface area contributed by atoms with Crippen LogP contribution in [-0.4, -0.2) is 25.2 Å². The molecule has 0 unspecified atom stereocenters. The summed E-state index contributed by atoms with van der Waals surface area (Å²) >= 11 is 0. The summed E-state index contributed by atoms with van der Waals surface area (Å²) in [7, 11) is 2.62. The average molecular weight is 387 g/mol. The van der Waals surface area contributed by atoms with Crippen molar-refractivity contribution in [3.05, 3.63) is 71.9 Å². The van der Waals surface area contributed by atoms with E-state index >= 15 is 0 Å². The van der Waals surface area contributed by atoms with E-state index in [-0.39, 0.29) is 16.8 Å². The fourth-order valence-corrected chi connectivity index (χ4v) is 2.82. The number of hydrogen-bond acceptors (Lipinski definition) is 4. The van der Waals surface area contributed by atoms with Crippen molar-refractivity contribution in [2.45, 2.75) is 6.18 Å². The third-order valence-corrected chi connectivity index (χ3v) is 4.13. The minimum atomic E-state index is -4.69. The van der Waals surface area contributed by atoms with Gasteiger partial charge < -0.3 is 9.47 Å². The quantitative estimate of drug-likeness (QED) is 0.575. The number of alkyl halides is 3. The lowest BCUT2D eigenvalue weighted by atomic mass is 9.94. The van der Waals surface area contributed by atoms with Crippen LogP contribution in [0.1, 0.15) is 16.1 Å². The molecule has 0 spiro atoms. The van der Waals surface area contributed by atoms with Crippen LogP contribution < -0.4 is 4.74 Å². The minimum Gasteiger partial charge on any atom is -0.497 e. The Bertz CT molecular complexity index is 1000. The number of aromatic nitrogens is 1. The van der Waals surface area contributed by atoms with Gasteiger partial charge in [-0.2, -0.15) is 13.2 Å². The average Bonchev–Trinajstić information content (AvgIpc) is 2.72. The number of benzene rings is 2. The molecule has 1 aromatic heterocycles. The largest absolute Gasteiger partial charge is 0.497 e. The van der Waals surface area contributed by atoms with Gasteiger partial charge >= 0.3 is 12.1 Å². The van der Waals surface area contributed by atoms with Gasteiger partial charge in [-0.15, -0.1) is 0 Å². The van der Waals surface area contributed by atoms with Crippen molar-refractivity contribution in [1.29, 1.82) is 0 Å². The minimum absolute atomic E-state index is 0.0463. The van der Waals surface area contributed by atoms with Crippen LogP contribution in [0.5, 0.6) is 5.75 Å². The number of carbonyl (C=O) groups is 1. The molecule has 0 saturated heterocycles. The van der Waals surface area contributed by atoms with E-state index in [2.05, 4.69) is 4.98 Å². The number of methoxy groups -OCH3 is 2. The predicted octanol–water partition coefficient (Wildman–Crippen LogP) is 5.23. The molecule has 3 aromatic rings. The third kappa shape index (κ3) is 3.83. The number of carbonyl (C=O) groups excluding carboxylic acids is 1. The Morgan fingerprint density at radius 3 is 2.21 bits per heavy atom. The number of ether oxygens (including phenoxy) is 2. The molecule has 0 fully saturated rings. The van der Waals surface area contributed by atoms with Gasteiger partial charge in [-0.05, 0) is 23.8 Å². The van der Waals surface area contributed by atoms with Crippen molar-refractivity contribution >= 4 is 5.97 Å². The Kier molecular flexibility index (Phi) is 5.35. The number of nitrogens with zero attached hydrogens (tertiary/aromatic N) is 1. The summed E-state index contributed by atoms with van der Waals surface area (Å²) in [5.41, 5.74) is -0.429. The van der Waals surface area contributed by atoms with E-state index in [1.807, 2.05) is 0 Å². The maximum atomic E-state index is 13.5. The number of pyridine rings is 1. The van der Waals surface area contributed by atoms with E-state index in [0.717, 1.165) is 6.07 Å². The Labute approximate surface area is 159 Å². The van der Waals surface area contributed by atoms with E-state index in [1.54, 1.807) is 54.6 Å². The lowest BCUT2D eigenvalue weighted by Gasteiger charge is -2.17. The second-order valence-corrected chi connectivity index (χ2v) is 5.87. The molecule has 0 N–H and O–H groups in total. The van der Waals surface area contributed by atoms with Gasteiger partial charge in [-0.1, -0.05) is 42.5 Å². The van der Waals surface area contributed by atoms with E-state index in [0.29, 0.717) is 16.9 Å². The van der Waals surface area contributed by atoms with Crippen LogP contribution in [0.4, 0.5) is 13.2 Å². The summed E-state index contributed by atoms with van der Waals surface area (Å²) < 4.78 is 50.6. The van der Waals surface area contributed by atoms with Crippen LogP contribution in [0.25, 0.3) is 22.4 Å². The van der Waals surface area contributed by atoms with E-state index in [9.17, 15) is 18.0 Å². The maximum absolute atomic E-state index is 13.5. The first-order valence-corrected chi connectivity index (χ1v) is 8.25. The van der Waals surface area contributed by atoms with Crippen molar-refractivity contribution in [3.8, 4) is 28.1 Å². The number of rotatable bonds is 4. The SMILES string of the molecule is COC(=O)c1c(-c2cccc(OC)c2)cc(C(F)(F)F)nc1-c1ccccc1. The first-order valence-electron chi connectivity index (χ1n) is 8.25. The maximum Gasteiger partial charge on any atom is 0.433 e. The van der Waals surface area contributed by atoms with Crippen molar-refractivity contribution in [2.24, 2.45) is 0 Å².